The number of hydrogen-bond donors (Lipinski definition) is 1. The van der Waals surface area contributed by atoms with Crippen molar-refractivity contribution in [2.75, 3.05) is 18.4 Å². The highest BCUT2D eigenvalue weighted by molar-refractivity contribution is 6.53. The lowest BCUT2D eigenvalue weighted by atomic mass is 10.1. The summed E-state index contributed by atoms with van der Waals surface area (Å²) < 4.78 is 38.6. The average Bonchev–Trinajstić information content (AvgIpc) is 3.06. The summed E-state index contributed by atoms with van der Waals surface area (Å²) in [5.41, 5.74) is -1.49. The molecule has 1 unspecified atom stereocenters. The predicted octanol–water partition coefficient (Wildman–Crippen LogP) is 3.86. The van der Waals surface area contributed by atoms with Crippen molar-refractivity contribution in [1.29, 1.82) is 0 Å². The van der Waals surface area contributed by atoms with Crippen LogP contribution in [0.25, 0.3) is 0 Å². The first-order valence-corrected chi connectivity index (χ1v) is 8.39. The molecule has 25 heavy (non-hydrogen) atoms. The Morgan fingerprint density at radius 3 is 2.36 bits per heavy atom. The first-order chi connectivity index (χ1) is 11.5. The van der Waals surface area contributed by atoms with Gasteiger partial charge in [-0.05, 0) is 31.9 Å². The predicted molar refractivity (Wildman–Crippen MR) is 89.0 cm³/mol. The van der Waals surface area contributed by atoms with Crippen molar-refractivity contribution >= 4 is 40.7 Å². The molecule has 2 rings (SSSR count). The number of nitrogens with one attached hydrogen (secondary N) is 1. The van der Waals surface area contributed by atoms with Crippen molar-refractivity contribution in [2.45, 2.75) is 31.0 Å². The molecule has 1 N–H and O–H groups in total. The molecule has 0 bridgehead atoms. The molecule has 0 aliphatic heterocycles. The summed E-state index contributed by atoms with van der Waals surface area (Å²) in [5, 5.41) is 2.13. The Labute approximate surface area is 153 Å². The van der Waals surface area contributed by atoms with Crippen LogP contribution in [-0.4, -0.2) is 34.1 Å². The van der Waals surface area contributed by atoms with Gasteiger partial charge < -0.3 is 10.2 Å². The van der Waals surface area contributed by atoms with Crippen LogP contribution < -0.4 is 5.32 Å². The lowest BCUT2D eigenvalue weighted by Crippen LogP contribution is -2.43. The fourth-order valence-corrected chi connectivity index (χ4v) is 3.18. The summed E-state index contributed by atoms with van der Waals surface area (Å²) in [6.07, 6.45) is 0.841. The van der Waals surface area contributed by atoms with E-state index in [1.54, 1.807) is 6.92 Å². The fourth-order valence-electron chi connectivity index (χ4n) is 2.49. The zero-order chi connectivity index (χ0) is 19.0. The van der Waals surface area contributed by atoms with Crippen molar-refractivity contribution in [1.82, 2.24) is 4.90 Å². The molecular formula is C16H17Cl2F3N2O2. The molecule has 1 aromatic rings. The van der Waals surface area contributed by atoms with Crippen molar-refractivity contribution in [3.05, 3.63) is 29.6 Å². The topological polar surface area (TPSA) is 49.4 Å². The maximum atomic E-state index is 13.6. The third kappa shape index (κ3) is 3.87. The second kappa shape index (κ2) is 7.03. The molecule has 0 spiro atoms. The number of nitrogens with zero attached hydrogens (tertiary/aromatic N) is 1. The number of halogens is 5. The number of anilines is 1. The van der Waals surface area contributed by atoms with Gasteiger partial charge in [0.25, 0.3) is 0 Å². The normalized spacial score (nSPS) is 20.9. The molecule has 1 aliphatic carbocycles. The van der Waals surface area contributed by atoms with Gasteiger partial charge in [0.15, 0.2) is 17.5 Å². The van der Waals surface area contributed by atoms with Crippen LogP contribution in [0.4, 0.5) is 18.9 Å². The number of benzene rings is 1. The van der Waals surface area contributed by atoms with Crippen LogP contribution in [0.1, 0.15) is 26.7 Å². The van der Waals surface area contributed by atoms with Crippen LogP contribution in [0.15, 0.2) is 12.1 Å². The van der Waals surface area contributed by atoms with Crippen LogP contribution in [0.2, 0.25) is 0 Å². The molecule has 1 aromatic carbocycles. The second-order valence-corrected chi connectivity index (χ2v) is 7.70. The maximum Gasteiger partial charge on any atom is 0.244 e. The van der Waals surface area contributed by atoms with Crippen LogP contribution in [0, 0.1) is 22.9 Å². The Kier molecular flexibility index (Phi) is 5.59. The molecule has 1 saturated carbocycles. The largest absolute Gasteiger partial charge is 0.333 e. The number of amides is 2. The minimum absolute atomic E-state index is 0.265. The molecule has 4 nitrogen and oxygen atoms in total. The highest BCUT2D eigenvalue weighted by Crippen LogP contribution is 2.64. The summed E-state index contributed by atoms with van der Waals surface area (Å²) >= 11 is 12.0. The summed E-state index contributed by atoms with van der Waals surface area (Å²) in [6.45, 7) is 3.30. The molecular weight excluding hydrogens is 380 g/mol. The number of hydrogen-bond acceptors (Lipinski definition) is 2. The molecule has 1 aliphatic rings. The average molecular weight is 397 g/mol. The van der Waals surface area contributed by atoms with E-state index in [4.69, 9.17) is 23.2 Å². The van der Waals surface area contributed by atoms with Gasteiger partial charge in [-0.25, -0.2) is 13.2 Å². The number of alkyl halides is 2. The van der Waals surface area contributed by atoms with Crippen LogP contribution >= 0.6 is 23.2 Å². The van der Waals surface area contributed by atoms with E-state index >= 15 is 0 Å². The molecule has 1 atom stereocenters. The Hall–Kier alpha value is -1.47. The van der Waals surface area contributed by atoms with Crippen molar-refractivity contribution in [3.63, 3.8) is 0 Å². The lowest BCUT2D eigenvalue weighted by molar-refractivity contribution is -0.139. The quantitative estimate of drug-likeness (QED) is 0.586. The monoisotopic (exact) mass is 396 g/mol. The number of carbonyl (C=O) groups excluding carboxylic acids is 2. The van der Waals surface area contributed by atoms with Gasteiger partial charge in [0.2, 0.25) is 11.8 Å². The lowest BCUT2D eigenvalue weighted by Gasteiger charge is -2.25. The van der Waals surface area contributed by atoms with Gasteiger partial charge in [-0.1, -0.05) is 6.92 Å². The highest BCUT2D eigenvalue weighted by Gasteiger charge is 2.68. The van der Waals surface area contributed by atoms with E-state index in [1.165, 1.54) is 4.90 Å². The fraction of sp³-hybridized carbons (Fsp3) is 0.500. The Balaban J connectivity index is 2.09. The van der Waals surface area contributed by atoms with Crippen LogP contribution in [-0.2, 0) is 9.59 Å². The van der Waals surface area contributed by atoms with E-state index in [0.717, 1.165) is 6.07 Å². The van der Waals surface area contributed by atoms with Gasteiger partial charge >= 0.3 is 0 Å². The maximum absolute atomic E-state index is 13.6. The zero-order valence-electron chi connectivity index (χ0n) is 13.6. The van der Waals surface area contributed by atoms with E-state index in [-0.39, 0.29) is 25.4 Å². The standard InChI is InChI=1S/C16H17Cl2F3N2O2/c1-3-6-23(14(25)15(2)8-16(15,17)18)7-11(24)22-10-5-4-9(19)12(20)13(10)21/h4-5H,3,6-8H2,1-2H3,(H,22,24). The van der Waals surface area contributed by atoms with Gasteiger partial charge in [0, 0.05) is 6.54 Å². The summed E-state index contributed by atoms with van der Waals surface area (Å²) in [7, 11) is 0. The molecule has 0 saturated heterocycles. The highest BCUT2D eigenvalue weighted by atomic mass is 35.5. The molecule has 0 heterocycles. The molecule has 1 fully saturated rings. The Morgan fingerprint density at radius 1 is 1.24 bits per heavy atom. The van der Waals surface area contributed by atoms with Gasteiger partial charge in [-0.3, -0.25) is 9.59 Å². The molecule has 0 aromatic heterocycles. The molecule has 0 radical (unpaired) electrons. The minimum atomic E-state index is -1.68. The minimum Gasteiger partial charge on any atom is -0.333 e. The number of rotatable bonds is 6. The Morgan fingerprint density at radius 2 is 1.84 bits per heavy atom. The molecule has 9 heteroatoms. The molecule has 2 amide bonds. The van der Waals surface area contributed by atoms with E-state index in [0.29, 0.717) is 12.5 Å². The van der Waals surface area contributed by atoms with E-state index in [9.17, 15) is 22.8 Å². The molecule has 138 valence electrons. The van der Waals surface area contributed by atoms with Gasteiger partial charge in [0.05, 0.1) is 17.6 Å². The van der Waals surface area contributed by atoms with Crippen molar-refractivity contribution in [2.24, 2.45) is 5.41 Å². The van der Waals surface area contributed by atoms with Crippen molar-refractivity contribution < 1.29 is 22.8 Å². The number of carbonyl (C=O) groups is 2. The summed E-state index contributed by atoms with van der Waals surface area (Å²) in [5.74, 6) is -5.68. The van der Waals surface area contributed by atoms with Crippen molar-refractivity contribution in [3.8, 4) is 0 Å². The van der Waals surface area contributed by atoms with Crippen LogP contribution in [0.5, 0.6) is 0 Å². The zero-order valence-corrected chi connectivity index (χ0v) is 15.1. The second-order valence-electron chi connectivity index (χ2n) is 6.21. The third-order valence-electron chi connectivity index (χ3n) is 4.15. The van der Waals surface area contributed by atoms with Gasteiger partial charge in [-0.15, -0.1) is 23.2 Å². The van der Waals surface area contributed by atoms with Gasteiger partial charge in [0.1, 0.15) is 4.33 Å². The summed E-state index contributed by atoms with van der Waals surface area (Å²) in [4.78, 5) is 25.9. The van der Waals surface area contributed by atoms with E-state index < -0.39 is 38.8 Å². The first-order valence-electron chi connectivity index (χ1n) is 7.64. The Bertz CT molecular complexity index is 715. The smallest absolute Gasteiger partial charge is 0.244 e. The summed E-state index contributed by atoms with van der Waals surface area (Å²) in [6, 6.07) is 1.60. The SMILES string of the molecule is CCCN(CC(=O)Nc1ccc(F)c(F)c1F)C(=O)C1(C)CC1(Cl)Cl. The van der Waals surface area contributed by atoms with Crippen LogP contribution in [0.3, 0.4) is 0 Å². The van der Waals surface area contributed by atoms with Gasteiger partial charge in [-0.2, -0.15) is 0 Å². The first kappa shape index (κ1) is 19.8. The van der Waals surface area contributed by atoms with E-state index in [1.807, 2.05) is 6.92 Å². The van der Waals surface area contributed by atoms with E-state index in [2.05, 4.69) is 5.32 Å². The third-order valence-corrected chi connectivity index (χ3v) is 5.26.